The largest absolute Gasteiger partial charge is 0.355 e. The Morgan fingerprint density at radius 3 is 1.52 bits per heavy atom. The van der Waals surface area contributed by atoms with Crippen LogP contribution in [-0.2, 0) is 5.41 Å². The molecule has 0 radical (unpaired) electrons. The van der Waals surface area contributed by atoms with Gasteiger partial charge in [0.05, 0.1) is 0 Å². The van der Waals surface area contributed by atoms with Crippen molar-refractivity contribution in [1.82, 2.24) is 0 Å². The van der Waals surface area contributed by atoms with E-state index < -0.39 is 0 Å². The van der Waals surface area contributed by atoms with Crippen molar-refractivity contribution in [3.63, 3.8) is 0 Å². The third kappa shape index (κ3) is 4.12. The molecule has 0 unspecified atom stereocenters. The summed E-state index contributed by atoms with van der Waals surface area (Å²) >= 11 is 0. The van der Waals surface area contributed by atoms with Gasteiger partial charge in [0.2, 0.25) is 0 Å². The summed E-state index contributed by atoms with van der Waals surface area (Å²) in [7, 11) is 0. The Kier molecular flexibility index (Phi) is 5.86. The van der Waals surface area contributed by atoms with Crippen molar-refractivity contribution in [2.24, 2.45) is 0 Å². The first-order chi connectivity index (χ1) is 19.6. The van der Waals surface area contributed by atoms with Gasteiger partial charge in [0.25, 0.3) is 0 Å². The Bertz CT molecular complexity index is 1820. The van der Waals surface area contributed by atoms with Gasteiger partial charge in [-0.2, -0.15) is 0 Å². The number of fused-ring (bicyclic) bond motifs is 3. The van der Waals surface area contributed by atoms with E-state index in [1.54, 1.807) is 0 Å². The molecule has 0 saturated heterocycles. The highest BCUT2D eigenvalue weighted by Gasteiger charge is 2.37. The van der Waals surface area contributed by atoms with Gasteiger partial charge >= 0.3 is 0 Å². The summed E-state index contributed by atoms with van der Waals surface area (Å²) in [6, 6.07) is 52.3. The molecule has 7 rings (SSSR count). The Morgan fingerprint density at radius 2 is 0.900 bits per heavy atom. The highest BCUT2D eigenvalue weighted by Crippen LogP contribution is 2.52. The van der Waals surface area contributed by atoms with E-state index >= 15 is 0 Å². The quantitative estimate of drug-likeness (QED) is 0.242. The number of hydrogen-bond acceptors (Lipinski definition) is 1. The molecule has 192 valence electrons. The second-order valence-electron chi connectivity index (χ2n) is 11.1. The second kappa shape index (κ2) is 9.70. The van der Waals surface area contributed by atoms with Crippen LogP contribution >= 0.6 is 0 Å². The highest BCUT2D eigenvalue weighted by atomic mass is 14.9. The first-order valence-corrected chi connectivity index (χ1v) is 14.0. The monoisotopic (exact) mass is 513 g/mol. The summed E-state index contributed by atoms with van der Waals surface area (Å²) in [5.41, 5.74) is 15.0. The molecular weight excluding hydrogens is 482 g/mol. The van der Waals surface area contributed by atoms with Gasteiger partial charge in [0.15, 0.2) is 0 Å². The van der Waals surface area contributed by atoms with Crippen molar-refractivity contribution in [2.75, 3.05) is 5.32 Å². The Hall–Kier alpha value is -4.88. The van der Waals surface area contributed by atoms with Gasteiger partial charge in [-0.05, 0) is 79.9 Å². The van der Waals surface area contributed by atoms with Crippen molar-refractivity contribution in [3.8, 4) is 44.5 Å². The maximum absolute atomic E-state index is 3.73. The lowest BCUT2D eigenvalue weighted by Crippen LogP contribution is -2.16. The zero-order chi connectivity index (χ0) is 27.1. The van der Waals surface area contributed by atoms with Gasteiger partial charge in [-0.3, -0.25) is 0 Å². The maximum Gasteiger partial charge on any atom is 0.0390 e. The summed E-state index contributed by atoms with van der Waals surface area (Å²) in [5.74, 6) is 0. The van der Waals surface area contributed by atoms with Crippen LogP contribution in [0.4, 0.5) is 11.4 Å². The van der Waals surface area contributed by atoms with E-state index in [2.05, 4.69) is 165 Å². The van der Waals surface area contributed by atoms with E-state index in [1.807, 2.05) is 0 Å². The molecule has 0 heterocycles. The predicted molar refractivity (Wildman–Crippen MR) is 170 cm³/mol. The highest BCUT2D eigenvalue weighted by molar-refractivity contribution is 5.90. The third-order valence-electron chi connectivity index (χ3n) is 8.24. The van der Waals surface area contributed by atoms with E-state index in [-0.39, 0.29) is 5.41 Å². The number of nitrogens with one attached hydrogen (secondary N) is 1. The van der Waals surface area contributed by atoms with Crippen LogP contribution in [0.3, 0.4) is 0 Å². The normalized spacial score (nSPS) is 12.9. The molecule has 0 atom stereocenters. The van der Waals surface area contributed by atoms with Gasteiger partial charge in [-0.25, -0.2) is 0 Å². The summed E-state index contributed by atoms with van der Waals surface area (Å²) in [5, 5.41) is 3.73. The number of hydrogen-bond donors (Lipinski definition) is 1. The SMILES string of the molecule is CC1(C)c2cc(Nc3ccc(-c4ccccc4)c(-c4ccccc4)c3)ccc2-c2cccc(-c3ccccc3)c21. The molecule has 0 bridgehead atoms. The summed E-state index contributed by atoms with van der Waals surface area (Å²) < 4.78 is 0. The number of benzene rings is 6. The molecule has 40 heavy (non-hydrogen) atoms. The van der Waals surface area contributed by atoms with Crippen LogP contribution in [0.5, 0.6) is 0 Å². The van der Waals surface area contributed by atoms with Crippen molar-refractivity contribution in [2.45, 2.75) is 19.3 Å². The van der Waals surface area contributed by atoms with Crippen molar-refractivity contribution in [3.05, 3.63) is 157 Å². The Labute approximate surface area is 236 Å². The summed E-state index contributed by atoms with van der Waals surface area (Å²) in [4.78, 5) is 0. The molecule has 1 heteroatoms. The van der Waals surface area contributed by atoms with Crippen LogP contribution in [0.1, 0.15) is 25.0 Å². The van der Waals surface area contributed by atoms with Crippen molar-refractivity contribution in [1.29, 1.82) is 0 Å². The first kappa shape index (κ1) is 24.2. The van der Waals surface area contributed by atoms with Gasteiger partial charge < -0.3 is 5.32 Å². The lowest BCUT2D eigenvalue weighted by Gasteiger charge is -2.25. The molecule has 1 nitrogen and oxygen atoms in total. The zero-order valence-electron chi connectivity index (χ0n) is 22.9. The molecule has 6 aromatic carbocycles. The van der Waals surface area contributed by atoms with Gasteiger partial charge in [0, 0.05) is 16.8 Å². The maximum atomic E-state index is 3.73. The topological polar surface area (TPSA) is 12.0 Å². The van der Waals surface area contributed by atoms with Gasteiger partial charge in [-0.15, -0.1) is 0 Å². The predicted octanol–water partition coefficient (Wildman–Crippen LogP) is 10.7. The summed E-state index contributed by atoms with van der Waals surface area (Å²) in [6.07, 6.45) is 0. The standard InChI is InChI=1S/C39H31N/c1-39(2)37-26-31(22-24-34(37)35-20-12-19-33(38(35)39)28-15-8-4-9-16-28)40-30-21-23-32(27-13-6-3-7-14-27)36(25-30)29-17-10-5-11-18-29/h3-26,40H,1-2H3. The molecule has 1 N–H and O–H groups in total. The fourth-order valence-electron chi connectivity index (χ4n) is 6.33. The fourth-order valence-corrected chi connectivity index (χ4v) is 6.33. The minimum absolute atomic E-state index is 0.110. The van der Waals surface area contributed by atoms with Crippen LogP contribution < -0.4 is 5.32 Å². The lowest BCUT2D eigenvalue weighted by molar-refractivity contribution is 0.662. The molecule has 0 fully saturated rings. The molecule has 0 aliphatic heterocycles. The van der Waals surface area contributed by atoms with Crippen LogP contribution in [0.25, 0.3) is 44.5 Å². The fraction of sp³-hybridized carbons (Fsp3) is 0.0769. The van der Waals surface area contributed by atoms with Crippen LogP contribution in [0, 0.1) is 0 Å². The van der Waals surface area contributed by atoms with Crippen LogP contribution in [-0.4, -0.2) is 0 Å². The van der Waals surface area contributed by atoms with E-state index in [9.17, 15) is 0 Å². The van der Waals surface area contributed by atoms with E-state index in [1.165, 1.54) is 55.6 Å². The first-order valence-electron chi connectivity index (χ1n) is 14.0. The molecule has 6 aromatic rings. The molecular formula is C39H31N. The number of anilines is 2. The molecule has 1 aliphatic carbocycles. The minimum atomic E-state index is -0.110. The molecule has 0 saturated carbocycles. The van der Waals surface area contributed by atoms with Gasteiger partial charge in [-0.1, -0.05) is 135 Å². The number of rotatable bonds is 5. The van der Waals surface area contributed by atoms with Crippen molar-refractivity contribution < 1.29 is 0 Å². The van der Waals surface area contributed by atoms with Crippen molar-refractivity contribution >= 4 is 11.4 Å². The average molecular weight is 514 g/mol. The Balaban J connectivity index is 1.28. The lowest BCUT2D eigenvalue weighted by atomic mass is 9.79. The molecule has 0 aromatic heterocycles. The summed E-state index contributed by atoms with van der Waals surface area (Å²) in [6.45, 7) is 4.71. The van der Waals surface area contributed by atoms with Crippen LogP contribution in [0.2, 0.25) is 0 Å². The van der Waals surface area contributed by atoms with E-state index in [0.29, 0.717) is 0 Å². The Morgan fingerprint density at radius 1 is 0.400 bits per heavy atom. The smallest absolute Gasteiger partial charge is 0.0390 e. The molecule has 0 amide bonds. The zero-order valence-corrected chi connectivity index (χ0v) is 22.9. The van der Waals surface area contributed by atoms with Crippen LogP contribution in [0.15, 0.2) is 146 Å². The second-order valence-corrected chi connectivity index (χ2v) is 11.1. The average Bonchev–Trinajstić information content (AvgIpc) is 3.24. The minimum Gasteiger partial charge on any atom is -0.355 e. The van der Waals surface area contributed by atoms with E-state index in [0.717, 1.165) is 11.4 Å². The molecule has 1 aliphatic rings. The molecule has 0 spiro atoms. The van der Waals surface area contributed by atoms with E-state index in [4.69, 9.17) is 0 Å². The van der Waals surface area contributed by atoms with Gasteiger partial charge in [0.1, 0.15) is 0 Å². The third-order valence-corrected chi connectivity index (χ3v) is 8.24.